The summed E-state index contributed by atoms with van der Waals surface area (Å²) in [7, 11) is 0. The van der Waals surface area contributed by atoms with Crippen molar-refractivity contribution >= 4 is 11.9 Å². The number of rotatable bonds is 1. The third-order valence-corrected chi connectivity index (χ3v) is 1.17. The minimum Gasteiger partial charge on any atom is -0.366 e. The number of primary amides is 1. The predicted octanol–water partition coefficient (Wildman–Crippen LogP) is -1.13. The summed E-state index contributed by atoms with van der Waals surface area (Å²) in [5.41, 5.74) is 4.85. The smallest absolute Gasteiger partial charge is 0.264 e. The largest absolute Gasteiger partial charge is 0.366 e. The van der Waals surface area contributed by atoms with E-state index in [2.05, 4.69) is 4.99 Å². The summed E-state index contributed by atoms with van der Waals surface area (Å²) in [4.78, 5) is 13.8. The van der Waals surface area contributed by atoms with Gasteiger partial charge in [-0.1, -0.05) is 0 Å². The van der Waals surface area contributed by atoms with Crippen LogP contribution in [0.1, 0.15) is 0 Å². The Morgan fingerprint density at radius 1 is 1.82 bits per heavy atom. The highest BCUT2D eigenvalue weighted by Gasteiger charge is 2.21. The number of nitrogens with two attached hydrogens (primary N) is 2. The van der Waals surface area contributed by atoms with Crippen molar-refractivity contribution in [2.45, 2.75) is 6.17 Å². The van der Waals surface area contributed by atoms with E-state index in [1.807, 2.05) is 0 Å². The fourth-order valence-electron chi connectivity index (χ4n) is 0.666. The summed E-state index contributed by atoms with van der Waals surface area (Å²) in [5.74, 6) is 3.67. The Bertz CT molecular complexity index is 237. The minimum atomic E-state index is -1.13. The molecular weight excluding hydrogens is 151 g/mol. The molecule has 0 saturated carbocycles. The minimum absolute atomic E-state index is 0.754. The molecule has 0 fully saturated rings. The van der Waals surface area contributed by atoms with Gasteiger partial charge in [0.25, 0.3) is 5.91 Å². The molecule has 1 amide bonds. The number of hydrogen-bond acceptors (Lipinski definition) is 4. The molecule has 1 aliphatic rings. The standard InChI is InChI=1S/C5H7FN4O/c6-3-1-2-10(8)5(9-3)4(7)11/h1-2,5H,8H2,(H2,7,11). The molecule has 0 saturated heterocycles. The van der Waals surface area contributed by atoms with E-state index in [4.69, 9.17) is 11.6 Å². The van der Waals surface area contributed by atoms with Crippen LogP contribution in [0.5, 0.6) is 0 Å². The third-order valence-electron chi connectivity index (χ3n) is 1.17. The molecule has 0 aromatic rings. The first kappa shape index (κ1) is 7.67. The number of amides is 1. The summed E-state index contributed by atoms with van der Waals surface area (Å²) in [6, 6.07) is 0. The Hall–Kier alpha value is -1.43. The van der Waals surface area contributed by atoms with Crippen molar-refractivity contribution in [3.05, 3.63) is 12.3 Å². The van der Waals surface area contributed by atoms with E-state index in [0.717, 1.165) is 11.1 Å². The van der Waals surface area contributed by atoms with Crippen LogP contribution in [-0.4, -0.2) is 23.0 Å². The van der Waals surface area contributed by atoms with Gasteiger partial charge < -0.3 is 5.73 Å². The lowest BCUT2D eigenvalue weighted by molar-refractivity contribution is -0.122. The van der Waals surface area contributed by atoms with Crippen molar-refractivity contribution < 1.29 is 9.18 Å². The molecular formula is C5H7FN4O. The van der Waals surface area contributed by atoms with Crippen LogP contribution in [0.2, 0.25) is 0 Å². The van der Waals surface area contributed by atoms with Crippen molar-refractivity contribution in [3.63, 3.8) is 0 Å². The number of carbonyl (C=O) groups is 1. The number of aliphatic imine (C=N–C) groups is 1. The molecule has 4 N–H and O–H groups in total. The molecule has 1 atom stereocenters. The molecule has 0 spiro atoms. The van der Waals surface area contributed by atoms with Gasteiger partial charge in [-0.2, -0.15) is 4.39 Å². The zero-order valence-corrected chi connectivity index (χ0v) is 5.57. The molecule has 1 unspecified atom stereocenters. The molecule has 1 heterocycles. The van der Waals surface area contributed by atoms with Gasteiger partial charge in [0.05, 0.1) is 0 Å². The molecule has 0 bridgehead atoms. The van der Waals surface area contributed by atoms with Crippen molar-refractivity contribution in [1.29, 1.82) is 0 Å². The monoisotopic (exact) mass is 158 g/mol. The molecule has 0 radical (unpaired) electrons. The van der Waals surface area contributed by atoms with Crippen molar-refractivity contribution in [3.8, 4) is 0 Å². The topological polar surface area (TPSA) is 84.7 Å². The van der Waals surface area contributed by atoms with Crippen LogP contribution in [0.4, 0.5) is 4.39 Å². The lowest BCUT2D eigenvalue weighted by Crippen LogP contribution is -2.46. The number of carbonyl (C=O) groups excluding carboxylic acids is 1. The van der Waals surface area contributed by atoms with Crippen molar-refractivity contribution in [2.24, 2.45) is 16.6 Å². The molecule has 60 valence electrons. The highest BCUT2D eigenvalue weighted by Crippen LogP contribution is 2.03. The third kappa shape index (κ3) is 1.53. The average molecular weight is 158 g/mol. The van der Waals surface area contributed by atoms with Crippen LogP contribution in [0, 0.1) is 0 Å². The van der Waals surface area contributed by atoms with Gasteiger partial charge in [-0.25, -0.2) is 10.8 Å². The Morgan fingerprint density at radius 2 is 2.45 bits per heavy atom. The molecule has 0 aliphatic carbocycles. The maximum Gasteiger partial charge on any atom is 0.264 e. The van der Waals surface area contributed by atoms with Gasteiger partial charge in [0.1, 0.15) is 0 Å². The molecule has 6 heteroatoms. The average Bonchev–Trinajstić information content (AvgIpc) is 1.94. The van der Waals surface area contributed by atoms with Crippen molar-refractivity contribution in [2.75, 3.05) is 0 Å². The van der Waals surface area contributed by atoms with Gasteiger partial charge in [0, 0.05) is 12.3 Å². The lowest BCUT2D eigenvalue weighted by Gasteiger charge is -2.21. The van der Waals surface area contributed by atoms with E-state index in [1.54, 1.807) is 0 Å². The first-order chi connectivity index (χ1) is 5.11. The Balaban J connectivity index is 2.81. The summed E-state index contributed by atoms with van der Waals surface area (Å²) < 4.78 is 12.3. The van der Waals surface area contributed by atoms with Gasteiger partial charge in [-0.3, -0.25) is 9.80 Å². The second-order valence-corrected chi connectivity index (χ2v) is 1.99. The van der Waals surface area contributed by atoms with Crippen molar-refractivity contribution in [1.82, 2.24) is 5.01 Å². The second kappa shape index (κ2) is 2.67. The van der Waals surface area contributed by atoms with Gasteiger partial charge in [-0.15, -0.1) is 0 Å². The highest BCUT2D eigenvalue weighted by molar-refractivity contribution is 5.91. The summed E-state index contributed by atoms with van der Waals surface area (Å²) >= 11 is 0. The van der Waals surface area contributed by atoms with Crippen LogP contribution in [0.15, 0.2) is 17.3 Å². The first-order valence-corrected chi connectivity index (χ1v) is 2.85. The zero-order chi connectivity index (χ0) is 8.43. The summed E-state index contributed by atoms with van der Waals surface area (Å²) in [5, 5.41) is 0.936. The molecule has 11 heavy (non-hydrogen) atoms. The molecule has 1 aliphatic heterocycles. The number of allylic oxidation sites excluding steroid dienone is 1. The fraction of sp³-hybridized carbons (Fsp3) is 0.200. The number of nitrogens with zero attached hydrogens (tertiary/aromatic N) is 2. The molecule has 0 aromatic heterocycles. The summed E-state index contributed by atoms with van der Waals surface area (Å²) in [6.45, 7) is 0. The SMILES string of the molecule is NC(=O)C1N=C(F)C=CN1N. The van der Waals surface area contributed by atoms with Gasteiger partial charge in [0.2, 0.25) is 12.1 Å². The van der Waals surface area contributed by atoms with E-state index < -0.39 is 18.0 Å². The van der Waals surface area contributed by atoms with Gasteiger partial charge in [-0.05, 0) is 0 Å². The van der Waals surface area contributed by atoms with Crippen LogP contribution in [-0.2, 0) is 4.79 Å². The fourth-order valence-corrected chi connectivity index (χ4v) is 0.666. The molecule has 5 nitrogen and oxygen atoms in total. The maximum absolute atomic E-state index is 12.3. The Labute approximate surface area is 62.1 Å². The summed E-state index contributed by atoms with van der Waals surface area (Å²) in [6.07, 6.45) is 1.11. The van der Waals surface area contributed by atoms with Crippen LogP contribution in [0.3, 0.4) is 0 Å². The van der Waals surface area contributed by atoms with Gasteiger partial charge >= 0.3 is 0 Å². The van der Waals surface area contributed by atoms with E-state index >= 15 is 0 Å². The quantitative estimate of drug-likeness (QED) is 0.473. The van der Waals surface area contributed by atoms with Crippen LogP contribution < -0.4 is 11.6 Å². The molecule has 0 aromatic carbocycles. The van der Waals surface area contributed by atoms with E-state index in [1.165, 1.54) is 6.20 Å². The lowest BCUT2D eigenvalue weighted by atomic mass is 10.4. The second-order valence-electron chi connectivity index (χ2n) is 1.99. The highest BCUT2D eigenvalue weighted by atomic mass is 19.1. The van der Waals surface area contributed by atoms with E-state index in [-0.39, 0.29) is 0 Å². The zero-order valence-electron chi connectivity index (χ0n) is 5.57. The normalized spacial score (nSPS) is 23.3. The van der Waals surface area contributed by atoms with E-state index in [9.17, 15) is 9.18 Å². The Morgan fingerprint density at radius 3 is 2.91 bits per heavy atom. The van der Waals surface area contributed by atoms with Crippen LogP contribution in [0.25, 0.3) is 0 Å². The predicted molar refractivity (Wildman–Crippen MR) is 36.7 cm³/mol. The Kier molecular flexibility index (Phi) is 1.86. The maximum atomic E-state index is 12.3. The number of halogens is 1. The number of hydrogen-bond donors (Lipinski definition) is 2. The van der Waals surface area contributed by atoms with Crippen LogP contribution >= 0.6 is 0 Å². The van der Waals surface area contributed by atoms with E-state index in [0.29, 0.717) is 0 Å². The number of hydrazine groups is 1. The molecule has 1 rings (SSSR count). The van der Waals surface area contributed by atoms with Gasteiger partial charge in [0.15, 0.2) is 0 Å². The first-order valence-electron chi connectivity index (χ1n) is 2.85.